The summed E-state index contributed by atoms with van der Waals surface area (Å²) in [6.07, 6.45) is 0.447. The number of benzene rings is 1. The largest absolute Gasteiger partial charge is 0.469 e. The molecule has 0 aliphatic rings. The SMILES string of the molecule is CCC(CO)N(CC(C)C(=O)OC)C(=O)c1c(F)cccc1Cl. The first kappa shape index (κ1) is 19.4. The molecule has 1 aromatic rings. The third-order valence-corrected chi connectivity index (χ3v) is 3.95. The number of hydrogen-bond acceptors (Lipinski definition) is 4. The minimum Gasteiger partial charge on any atom is -0.469 e. The molecule has 0 radical (unpaired) electrons. The predicted molar refractivity (Wildman–Crippen MR) is 84.8 cm³/mol. The van der Waals surface area contributed by atoms with Gasteiger partial charge in [0.25, 0.3) is 5.91 Å². The number of aliphatic hydroxyl groups excluding tert-OH is 1. The highest BCUT2D eigenvalue weighted by Gasteiger charge is 2.30. The second-order valence-corrected chi connectivity index (χ2v) is 5.63. The molecule has 0 bridgehead atoms. The van der Waals surface area contributed by atoms with Gasteiger partial charge in [0.15, 0.2) is 0 Å². The number of methoxy groups -OCH3 is 1. The molecular formula is C16H21ClFNO4. The van der Waals surface area contributed by atoms with Crippen LogP contribution in [0.3, 0.4) is 0 Å². The van der Waals surface area contributed by atoms with Gasteiger partial charge < -0.3 is 14.7 Å². The van der Waals surface area contributed by atoms with Crippen LogP contribution < -0.4 is 0 Å². The standard InChI is InChI=1S/C16H21ClFNO4/c1-4-11(9-20)19(8-10(2)16(22)23-3)15(21)14-12(17)6-5-7-13(14)18/h5-7,10-11,20H,4,8-9H2,1-3H3. The molecule has 0 aromatic heterocycles. The van der Waals surface area contributed by atoms with Crippen LogP contribution in [0.5, 0.6) is 0 Å². The Hall–Kier alpha value is -1.66. The van der Waals surface area contributed by atoms with E-state index in [9.17, 15) is 19.1 Å². The van der Waals surface area contributed by atoms with Gasteiger partial charge in [-0.1, -0.05) is 31.5 Å². The normalized spacial score (nSPS) is 13.3. The summed E-state index contributed by atoms with van der Waals surface area (Å²) in [6, 6.07) is 3.41. The maximum absolute atomic E-state index is 14.0. The maximum atomic E-state index is 14.0. The number of rotatable bonds is 7. The van der Waals surface area contributed by atoms with Gasteiger partial charge in [-0.3, -0.25) is 9.59 Å². The molecule has 2 atom stereocenters. The molecule has 0 saturated heterocycles. The first-order chi connectivity index (χ1) is 10.9. The topological polar surface area (TPSA) is 66.8 Å². The van der Waals surface area contributed by atoms with Crippen molar-refractivity contribution >= 4 is 23.5 Å². The third kappa shape index (κ3) is 4.65. The Bertz CT molecular complexity index is 543. The van der Waals surface area contributed by atoms with E-state index >= 15 is 0 Å². The first-order valence-electron chi connectivity index (χ1n) is 7.30. The zero-order chi connectivity index (χ0) is 17.6. The van der Waals surface area contributed by atoms with Gasteiger partial charge in [-0.2, -0.15) is 0 Å². The number of carbonyl (C=O) groups excluding carboxylic acids is 2. The summed E-state index contributed by atoms with van der Waals surface area (Å²) in [6.45, 7) is 3.07. The summed E-state index contributed by atoms with van der Waals surface area (Å²) in [7, 11) is 1.25. The van der Waals surface area contributed by atoms with Crippen LogP contribution in [-0.4, -0.2) is 48.2 Å². The lowest BCUT2D eigenvalue weighted by atomic mass is 10.1. The lowest BCUT2D eigenvalue weighted by Crippen LogP contribution is -2.46. The van der Waals surface area contributed by atoms with E-state index in [1.165, 1.54) is 24.1 Å². The number of nitrogens with zero attached hydrogens (tertiary/aromatic N) is 1. The van der Waals surface area contributed by atoms with Gasteiger partial charge in [0, 0.05) is 6.54 Å². The van der Waals surface area contributed by atoms with Crippen molar-refractivity contribution in [1.29, 1.82) is 0 Å². The molecule has 0 saturated carbocycles. The van der Waals surface area contributed by atoms with E-state index < -0.39 is 29.7 Å². The van der Waals surface area contributed by atoms with E-state index in [-0.39, 0.29) is 23.7 Å². The van der Waals surface area contributed by atoms with Crippen LogP contribution in [0.4, 0.5) is 4.39 Å². The van der Waals surface area contributed by atoms with Crippen LogP contribution in [0.25, 0.3) is 0 Å². The summed E-state index contributed by atoms with van der Waals surface area (Å²) in [5.74, 6) is -2.51. The smallest absolute Gasteiger partial charge is 0.310 e. The Morgan fingerprint density at radius 2 is 2.09 bits per heavy atom. The van der Waals surface area contributed by atoms with Crippen LogP contribution in [0.2, 0.25) is 5.02 Å². The number of aliphatic hydroxyl groups is 1. The van der Waals surface area contributed by atoms with Gasteiger partial charge in [0.2, 0.25) is 0 Å². The lowest BCUT2D eigenvalue weighted by Gasteiger charge is -2.32. The summed E-state index contributed by atoms with van der Waals surface area (Å²) in [5.41, 5.74) is -0.266. The second-order valence-electron chi connectivity index (χ2n) is 5.22. The molecule has 0 aliphatic heterocycles. The fourth-order valence-electron chi connectivity index (χ4n) is 2.26. The molecule has 1 aromatic carbocycles. The zero-order valence-electron chi connectivity index (χ0n) is 13.4. The number of hydrogen-bond donors (Lipinski definition) is 1. The quantitative estimate of drug-likeness (QED) is 0.771. The average molecular weight is 346 g/mol. The van der Waals surface area contributed by atoms with Crippen molar-refractivity contribution in [2.45, 2.75) is 26.3 Å². The highest BCUT2D eigenvalue weighted by Crippen LogP contribution is 2.23. The number of halogens is 2. The van der Waals surface area contributed by atoms with Gasteiger partial charge in [-0.25, -0.2) is 4.39 Å². The molecule has 7 heteroatoms. The van der Waals surface area contributed by atoms with E-state index in [2.05, 4.69) is 4.74 Å². The van der Waals surface area contributed by atoms with Crippen molar-refractivity contribution in [1.82, 2.24) is 4.90 Å². The number of ether oxygens (including phenoxy) is 1. The number of esters is 1. The third-order valence-electron chi connectivity index (χ3n) is 3.63. The van der Waals surface area contributed by atoms with Crippen molar-refractivity contribution in [2.24, 2.45) is 5.92 Å². The molecule has 0 aliphatic carbocycles. The summed E-state index contributed by atoms with van der Waals surface area (Å²) in [5, 5.41) is 9.49. The van der Waals surface area contributed by atoms with E-state index in [1.807, 2.05) is 0 Å². The number of carbonyl (C=O) groups is 2. The highest BCUT2D eigenvalue weighted by atomic mass is 35.5. The molecule has 0 heterocycles. The van der Waals surface area contributed by atoms with Crippen LogP contribution in [-0.2, 0) is 9.53 Å². The monoisotopic (exact) mass is 345 g/mol. The van der Waals surface area contributed by atoms with Crippen LogP contribution in [0.15, 0.2) is 18.2 Å². The van der Waals surface area contributed by atoms with E-state index in [0.29, 0.717) is 6.42 Å². The summed E-state index contributed by atoms with van der Waals surface area (Å²) in [4.78, 5) is 25.6. The minimum atomic E-state index is -0.744. The zero-order valence-corrected chi connectivity index (χ0v) is 14.1. The molecule has 0 fully saturated rings. The number of amides is 1. The van der Waals surface area contributed by atoms with E-state index in [1.54, 1.807) is 13.8 Å². The molecular weight excluding hydrogens is 325 g/mol. The van der Waals surface area contributed by atoms with Crippen molar-refractivity contribution in [3.63, 3.8) is 0 Å². The van der Waals surface area contributed by atoms with Gasteiger partial charge >= 0.3 is 5.97 Å². The van der Waals surface area contributed by atoms with Crippen molar-refractivity contribution in [3.05, 3.63) is 34.6 Å². The van der Waals surface area contributed by atoms with Crippen LogP contribution in [0.1, 0.15) is 30.6 Å². The van der Waals surface area contributed by atoms with Crippen LogP contribution >= 0.6 is 11.6 Å². The average Bonchev–Trinajstić information content (AvgIpc) is 2.53. The van der Waals surface area contributed by atoms with E-state index in [4.69, 9.17) is 11.6 Å². The molecule has 128 valence electrons. The Labute approximate surface area is 140 Å². The van der Waals surface area contributed by atoms with Crippen molar-refractivity contribution < 1.29 is 23.8 Å². The molecule has 1 rings (SSSR count). The van der Waals surface area contributed by atoms with Crippen molar-refractivity contribution in [2.75, 3.05) is 20.3 Å². The van der Waals surface area contributed by atoms with Gasteiger partial charge in [-0.05, 0) is 18.6 Å². The predicted octanol–water partition coefficient (Wildman–Crippen LogP) is 2.50. The minimum absolute atomic E-state index is 0.00473. The summed E-state index contributed by atoms with van der Waals surface area (Å²) >= 11 is 5.94. The Balaban J connectivity index is 3.18. The molecule has 1 amide bonds. The van der Waals surface area contributed by atoms with E-state index in [0.717, 1.165) is 6.07 Å². The lowest BCUT2D eigenvalue weighted by molar-refractivity contribution is -0.145. The summed E-state index contributed by atoms with van der Waals surface area (Å²) < 4.78 is 18.7. The fourth-order valence-corrected chi connectivity index (χ4v) is 2.51. The maximum Gasteiger partial charge on any atom is 0.310 e. The molecule has 1 N–H and O–H groups in total. The van der Waals surface area contributed by atoms with Crippen LogP contribution in [0, 0.1) is 11.7 Å². The van der Waals surface area contributed by atoms with Gasteiger partial charge in [0.05, 0.1) is 36.3 Å². The highest BCUT2D eigenvalue weighted by molar-refractivity contribution is 6.33. The fraction of sp³-hybridized carbons (Fsp3) is 0.500. The Morgan fingerprint density at radius 1 is 1.43 bits per heavy atom. The first-order valence-corrected chi connectivity index (χ1v) is 7.68. The Kier molecular flexibility index (Phi) is 7.45. The molecule has 5 nitrogen and oxygen atoms in total. The second kappa shape index (κ2) is 8.84. The van der Waals surface area contributed by atoms with Crippen molar-refractivity contribution in [3.8, 4) is 0 Å². The Morgan fingerprint density at radius 3 is 2.57 bits per heavy atom. The van der Waals surface area contributed by atoms with Gasteiger partial charge in [0.1, 0.15) is 5.82 Å². The van der Waals surface area contributed by atoms with Gasteiger partial charge in [-0.15, -0.1) is 0 Å². The molecule has 0 spiro atoms. The molecule has 23 heavy (non-hydrogen) atoms. The molecule has 2 unspecified atom stereocenters.